The zero-order valence-corrected chi connectivity index (χ0v) is 8.55. The number of thiophene rings is 1. The van der Waals surface area contributed by atoms with Crippen molar-refractivity contribution in [1.29, 1.82) is 0 Å². The van der Waals surface area contributed by atoms with Gasteiger partial charge in [0.15, 0.2) is 0 Å². The number of hydrogen-bond acceptors (Lipinski definition) is 4. The summed E-state index contributed by atoms with van der Waals surface area (Å²) in [6.07, 6.45) is 3.91. The van der Waals surface area contributed by atoms with Crippen LogP contribution >= 0.6 is 11.3 Å². The van der Waals surface area contributed by atoms with Gasteiger partial charge in [0.05, 0.1) is 9.92 Å². The summed E-state index contributed by atoms with van der Waals surface area (Å²) in [5, 5.41) is 14.8. The van der Waals surface area contributed by atoms with Crippen molar-refractivity contribution in [2.45, 2.75) is 19.3 Å². The molecule has 1 fully saturated rings. The second kappa shape index (κ2) is 3.96. The van der Waals surface area contributed by atoms with Crippen molar-refractivity contribution in [3.8, 4) is 0 Å². The minimum atomic E-state index is -0.348. The molecule has 1 aromatic heterocycles. The lowest BCUT2D eigenvalue weighted by atomic mass is 9.85. The van der Waals surface area contributed by atoms with E-state index in [1.54, 1.807) is 12.1 Å². The van der Waals surface area contributed by atoms with Gasteiger partial charge in [-0.2, -0.15) is 0 Å². The molecule has 14 heavy (non-hydrogen) atoms. The van der Waals surface area contributed by atoms with Crippen molar-refractivity contribution in [3.63, 3.8) is 0 Å². The molecule has 76 valence electrons. The third kappa shape index (κ3) is 2.04. The van der Waals surface area contributed by atoms with Gasteiger partial charge in [-0.15, -0.1) is 0 Å². The van der Waals surface area contributed by atoms with Crippen LogP contribution in [0.1, 0.15) is 19.3 Å². The van der Waals surface area contributed by atoms with Gasteiger partial charge >= 0.3 is 5.00 Å². The Morgan fingerprint density at radius 2 is 2.36 bits per heavy atom. The second-order valence-corrected chi connectivity index (χ2v) is 4.64. The largest absolute Gasteiger partial charge is 0.376 e. The molecule has 0 aromatic carbocycles. The molecule has 0 aliphatic heterocycles. The van der Waals surface area contributed by atoms with Gasteiger partial charge in [0, 0.05) is 12.6 Å². The monoisotopic (exact) mass is 212 g/mol. The Morgan fingerprint density at radius 1 is 1.57 bits per heavy atom. The van der Waals surface area contributed by atoms with Crippen LogP contribution in [-0.2, 0) is 0 Å². The number of rotatable bonds is 4. The first-order valence-electron chi connectivity index (χ1n) is 4.74. The van der Waals surface area contributed by atoms with E-state index in [0.717, 1.165) is 17.5 Å². The van der Waals surface area contributed by atoms with E-state index in [1.807, 2.05) is 0 Å². The summed E-state index contributed by atoms with van der Waals surface area (Å²) in [4.78, 5) is 10.1. The molecule has 0 saturated heterocycles. The minimum absolute atomic E-state index is 0.209. The lowest BCUT2D eigenvalue weighted by Gasteiger charge is -2.25. The van der Waals surface area contributed by atoms with E-state index in [1.165, 1.54) is 30.6 Å². The molecule has 1 aliphatic carbocycles. The predicted molar refractivity (Wildman–Crippen MR) is 56.8 cm³/mol. The second-order valence-electron chi connectivity index (χ2n) is 3.57. The SMILES string of the molecule is O=[N+]([O-])c1ccc(NCC2CCC2)s1. The highest BCUT2D eigenvalue weighted by Gasteiger charge is 2.17. The first-order valence-corrected chi connectivity index (χ1v) is 5.55. The zero-order chi connectivity index (χ0) is 9.97. The molecule has 0 spiro atoms. The molecule has 0 amide bonds. The van der Waals surface area contributed by atoms with Crippen LogP contribution in [0.15, 0.2) is 12.1 Å². The standard InChI is InChI=1S/C9H12N2O2S/c12-11(13)9-5-4-8(14-9)10-6-7-2-1-3-7/h4-5,7,10H,1-3,6H2. The molecule has 0 unspecified atom stereocenters. The molecule has 5 heteroatoms. The summed E-state index contributed by atoms with van der Waals surface area (Å²) in [7, 11) is 0. The third-order valence-electron chi connectivity index (χ3n) is 2.56. The molecular weight excluding hydrogens is 200 g/mol. The average Bonchev–Trinajstić information content (AvgIpc) is 2.50. The van der Waals surface area contributed by atoms with Gasteiger partial charge in [-0.05, 0) is 36.2 Å². The molecular formula is C9H12N2O2S. The van der Waals surface area contributed by atoms with E-state index in [0.29, 0.717) is 0 Å². The summed E-state index contributed by atoms with van der Waals surface area (Å²) in [6.45, 7) is 0.956. The first-order chi connectivity index (χ1) is 6.75. The third-order valence-corrected chi connectivity index (χ3v) is 3.56. The summed E-state index contributed by atoms with van der Waals surface area (Å²) in [5.74, 6) is 0.774. The molecule has 1 N–H and O–H groups in total. The fourth-order valence-corrected chi connectivity index (χ4v) is 2.19. The Bertz CT molecular complexity index is 333. The van der Waals surface area contributed by atoms with Gasteiger partial charge in [-0.1, -0.05) is 6.42 Å². The van der Waals surface area contributed by atoms with Crippen molar-refractivity contribution in [3.05, 3.63) is 22.2 Å². The van der Waals surface area contributed by atoms with Crippen LogP contribution in [0.25, 0.3) is 0 Å². The van der Waals surface area contributed by atoms with E-state index < -0.39 is 0 Å². The summed E-state index contributed by atoms with van der Waals surface area (Å²) >= 11 is 1.21. The highest BCUT2D eigenvalue weighted by Crippen LogP contribution is 2.30. The Kier molecular flexibility index (Phi) is 2.67. The van der Waals surface area contributed by atoms with Crippen LogP contribution in [0, 0.1) is 16.0 Å². The highest BCUT2D eigenvalue weighted by atomic mass is 32.1. The Hall–Kier alpha value is -1.10. The van der Waals surface area contributed by atoms with Gasteiger partial charge in [-0.25, -0.2) is 0 Å². The van der Waals surface area contributed by atoms with Gasteiger partial charge in [0.2, 0.25) is 0 Å². The molecule has 2 rings (SSSR count). The molecule has 1 saturated carbocycles. The molecule has 1 aromatic rings. The summed E-state index contributed by atoms with van der Waals surface area (Å²) in [5.41, 5.74) is 0. The van der Waals surface area contributed by atoms with Crippen molar-refractivity contribution < 1.29 is 4.92 Å². The Balaban J connectivity index is 1.86. The molecule has 1 heterocycles. The predicted octanol–water partition coefficient (Wildman–Crippen LogP) is 2.87. The number of nitrogens with zero attached hydrogens (tertiary/aromatic N) is 1. The Morgan fingerprint density at radius 3 is 2.86 bits per heavy atom. The molecule has 4 nitrogen and oxygen atoms in total. The maximum atomic E-state index is 10.4. The smallest absolute Gasteiger partial charge is 0.326 e. The van der Waals surface area contributed by atoms with Gasteiger partial charge in [0.1, 0.15) is 0 Å². The number of nitrogens with one attached hydrogen (secondary N) is 1. The molecule has 0 atom stereocenters. The van der Waals surface area contributed by atoms with E-state index in [-0.39, 0.29) is 9.92 Å². The molecule has 0 bridgehead atoms. The van der Waals surface area contributed by atoms with E-state index in [4.69, 9.17) is 0 Å². The fourth-order valence-electron chi connectivity index (χ4n) is 1.46. The van der Waals surface area contributed by atoms with Crippen LogP contribution in [0.4, 0.5) is 10.0 Å². The van der Waals surface area contributed by atoms with E-state index >= 15 is 0 Å². The zero-order valence-electron chi connectivity index (χ0n) is 7.73. The highest BCUT2D eigenvalue weighted by molar-refractivity contribution is 7.19. The van der Waals surface area contributed by atoms with Gasteiger partial charge in [-0.3, -0.25) is 10.1 Å². The lowest BCUT2D eigenvalue weighted by molar-refractivity contribution is -0.380. The minimum Gasteiger partial charge on any atom is -0.376 e. The van der Waals surface area contributed by atoms with Crippen LogP contribution in [0.3, 0.4) is 0 Å². The first kappa shape index (κ1) is 9.45. The van der Waals surface area contributed by atoms with Crippen molar-refractivity contribution in [2.24, 2.45) is 5.92 Å². The quantitative estimate of drug-likeness (QED) is 0.616. The average molecular weight is 212 g/mol. The van der Waals surface area contributed by atoms with Gasteiger partial charge < -0.3 is 5.32 Å². The summed E-state index contributed by atoms with van der Waals surface area (Å²) in [6, 6.07) is 3.33. The maximum Gasteiger partial charge on any atom is 0.326 e. The van der Waals surface area contributed by atoms with Crippen LogP contribution in [-0.4, -0.2) is 11.5 Å². The maximum absolute atomic E-state index is 10.4. The summed E-state index contributed by atoms with van der Waals surface area (Å²) < 4.78 is 0. The molecule has 1 aliphatic rings. The van der Waals surface area contributed by atoms with Crippen molar-refractivity contribution in [1.82, 2.24) is 0 Å². The number of hydrogen-bond donors (Lipinski definition) is 1. The van der Waals surface area contributed by atoms with Gasteiger partial charge in [0.25, 0.3) is 0 Å². The van der Waals surface area contributed by atoms with Crippen LogP contribution in [0.5, 0.6) is 0 Å². The van der Waals surface area contributed by atoms with Crippen LogP contribution < -0.4 is 5.32 Å². The number of nitro groups is 1. The Labute approximate surface area is 86.1 Å². The molecule has 0 radical (unpaired) electrons. The van der Waals surface area contributed by atoms with E-state index in [2.05, 4.69) is 5.32 Å². The van der Waals surface area contributed by atoms with Crippen molar-refractivity contribution in [2.75, 3.05) is 11.9 Å². The number of anilines is 1. The van der Waals surface area contributed by atoms with Crippen LogP contribution in [0.2, 0.25) is 0 Å². The van der Waals surface area contributed by atoms with Crippen molar-refractivity contribution >= 4 is 21.3 Å². The normalized spacial score (nSPS) is 16.3. The lowest BCUT2D eigenvalue weighted by Crippen LogP contribution is -2.20. The fraction of sp³-hybridized carbons (Fsp3) is 0.556. The topological polar surface area (TPSA) is 55.2 Å². The van der Waals surface area contributed by atoms with E-state index in [9.17, 15) is 10.1 Å².